The molecule has 0 unspecified atom stereocenters. The van der Waals surface area contributed by atoms with E-state index in [2.05, 4.69) is 6.58 Å². The molecule has 3 heteroatoms. The van der Waals surface area contributed by atoms with Crippen molar-refractivity contribution in [3.8, 4) is 5.75 Å². The van der Waals surface area contributed by atoms with E-state index in [0.29, 0.717) is 29.7 Å². The van der Waals surface area contributed by atoms with Crippen LogP contribution in [0.4, 0.5) is 0 Å². The largest absolute Gasteiger partial charge is 0.488 e. The molecule has 0 bridgehead atoms. The van der Waals surface area contributed by atoms with Gasteiger partial charge in [-0.3, -0.25) is 4.79 Å². The SMILES string of the molecule is C=CCc1c(OCc2ccccc2)ccc2c(=O)ccoc12. The summed E-state index contributed by atoms with van der Waals surface area (Å²) in [6.07, 6.45) is 3.77. The third kappa shape index (κ3) is 2.79. The Morgan fingerprint density at radius 2 is 1.91 bits per heavy atom. The second-order valence-corrected chi connectivity index (χ2v) is 4.97. The van der Waals surface area contributed by atoms with Crippen molar-refractivity contribution in [2.75, 3.05) is 0 Å². The monoisotopic (exact) mass is 292 g/mol. The van der Waals surface area contributed by atoms with Gasteiger partial charge < -0.3 is 9.15 Å². The van der Waals surface area contributed by atoms with Gasteiger partial charge in [0.2, 0.25) is 0 Å². The molecular formula is C19H16O3. The van der Waals surface area contributed by atoms with E-state index in [1.54, 1.807) is 12.1 Å². The van der Waals surface area contributed by atoms with Crippen molar-refractivity contribution >= 4 is 11.0 Å². The first-order valence-electron chi connectivity index (χ1n) is 7.10. The summed E-state index contributed by atoms with van der Waals surface area (Å²) in [6, 6.07) is 14.9. The van der Waals surface area contributed by atoms with Crippen molar-refractivity contribution in [3.05, 3.63) is 88.8 Å². The first kappa shape index (κ1) is 14.1. The number of benzene rings is 2. The maximum Gasteiger partial charge on any atom is 0.192 e. The summed E-state index contributed by atoms with van der Waals surface area (Å²) in [5, 5.41) is 0.561. The highest BCUT2D eigenvalue weighted by molar-refractivity contribution is 5.82. The first-order chi connectivity index (χ1) is 10.8. The van der Waals surface area contributed by atoms with E-state index in [0.717, 1.165) is 11.1 Å². The molecular weight excluding hydrogens is 276 g/mol. The second-order valence-electron chi connectivity index (χ2n) is 4.97. The molecule has 0 aliphatic heterocycles. The summed E-state index contributed by atoms with van der Waals surface area (Å²) in [5.74, 6) is 0.714. The molecule has 0 radical (unpaired) electrons. The zero-order valence-electron chi connectivity index (χ0n) is 12.1. The molecule has 22 heavy (non-hydrogen) atoms. The van der Waals surface area contributed by atoms with E-state index in [-0.39, 0.29) is 5.43 Å². The number of hydrogen-bond donors (Lipinski definition) is 0. The Bertz CT molecular complexity index is 847. The van der Waals surface area contributed by atoms with Gasteiger partial charge in [-0.2, -0.15) is 0 Å². The summed E-state index contributed by atoms with van der Waals surface area (Å²) in [5.41, 5.74) is 2.45. The van der Waals surface area contributed by atoms with Crippen molar-refractivity contribution in [2.24, 2.45) is 0 Å². The van der Waals surface area contributed by atoms with E-state index in [1.807, 2.05) is 36.4 Å². The summed E-state index contributed by atoms with van der Waals surface area (Å²) < 4.78 is 11.5. The van der Waals surface area contributed by atoms with Gasteiger partial charge >= 0.3 is 0 Å². The maximum atomic E-state index is 11.9. The molecule has 0 atom stereocenters. The van der Waals surface area contributed by atoms with E-state index in [1.165, 1.54) is 12.3 Å². The fraction of sp³-hybridized carbons (Fsp3) is 0.105. The number of ether oxygens (including phenoxy) is 1. The van der Waals surface area contributed by atoms with Crippen LogP contribution < -0.4 is 10.2 Å². The summed E-state index contributed by atoms with van der Waals surface area (Å²) in [7, 11) is 0. The molecule has 0 aliphatic carbocycles. The zero-order chi connectivity index (χ0) is 15.4. The lowest BCUT2D eigenvalue weighted by Crippen LogP contribution is -2.03. The molecule has 0 fully saturated rings. The molecule has 0 aliphatic rings. The molecule has 0 saturated carbocycles. The van der Waals surface area contributed by atoms with Crippen molar-refractivity contribution in [2.45, 2.75) is 13.0 Å². The fourth-order valence-corrected chi connectivity index (χ4v) is 2.40. The lowest BCUT2D eigenvalue weighted by atomic mass is 10.1. The highest BCUT2D eigenvalue weighted by atomic mass is 16.5. The number of rotatable bonds is 5. The van der Waals surface area contributed by atoms with E-state index in [4.69, 9.17) is 9.15 Å². The van der Waals surface area contributed by atoms with Crippen LogP contribution >= 0.6 is 0 Å². The van der Waals surface area contributed by atoms with Gasteiger partial charge in [0.05, 0.1) is 11.6 Å². The molecule has 2 aromatic carbocycles. The molecule has 3 aromatic rings. The third-order valence-electron chi connectivity index (χ3n) is 3.47. The lowest BCUT2D eigenvalue weighted by molar-refractivity contribution is 0.303. The minimum absolute atomic E-state index is 0.0545. The van der Waals surface area contributed by atoms with Gasteiger partial charge in [0.15, 0.2) is 5.43 Å². The number of fused-ring (bicyclic) bond motifs is 1. The molecule has 0 amide bonds. The Morgan fingerprint density at radius 1 is 1.09 bits per heavy atom. The lowest BCUT2D eigenvalue weighted by Gasteiger charge is -2.12. The van der Waals surface area contributed by atoms with Gasteiger partial charge in [-0.15, -0.1) is 6.58 Å². The number of hydrogen-bond acceptors (Lipinski definition) is 3. The van der Waals surface area contributed by atoms with Crippen LogP contribution in [0.5, 0.6) is 5.75 Å². The Balaban J connectivity index is 2.00. The maximum absolute atomic E-state index is 11.9. The van der Waals surface area contributed by atoms with Crippen LogP contribution in [0.15, 0.2) is 76.7 Å². The fourth-order valence-electron chi connectivity index (χ4n) is 2.40. The highest BCUT2D eigenvalue weighted by Gasteiger charge is 2.12. The van der Waals surface area contributed by atoms with Gasteiger partial charge in [-0.25, -0.2) is 0 Å². The Hall–Kier alpha value is -2.81. The molecule has 1 aromatic heterocycles. The van der Waals surface area contributed by atoms with Gasteiger partial charge in [0, 0.05) is 11.6 Å². The van der Waals surface area contributed by atoms with Crippen molar-refractivity contribution in [1.29, 1.82) is 0 Å². The summed E-state index contributed by atoms with van der Waals surface area (Å²) in [6.45, 7) is 4.24. The van der Waals surface area contributed by atoms with Gasteiger partial charge in [-0.1, -0.05) is 36.4 Å². The topological polar surface area (TPSA) is 39.4 Å². The van der Waals surface area contributed by atoms with Crippen molar-refractivity contribution in [1.82, 2.24) is 0 Å². The Kier molecular flexibility index (Phi) is 4.05. The molecule has 0 saturated heterocycles. The second kappa shape index (κ2) is 6.31. The quantitative estimate of drug-likeness (QED) is 0.665. The van der Waals surface area contributed by atoms with Crippen LogP contribution in [0.1, 0.15) is 11.1 Å². The van der Waals surface area contributed by atoms with Crippen LogP contribution in [-0.4, -0.2) is 0 Å². The van der Waals surface area contributed by atoms with E-state index < -0.39 is 0 Å². The summed E-state index contributed by atoms with van der Waals surface area (Å²) in [4.78, 5) is 11.9. The predicted octanol–water partition coefficient (Wildman–Crippen LogP) is 4.10. The predicted molar refractivity (Wildman–Crippen MR) is 87.2 cm³/mol. The van der Waals surface area contributed by atoms with Crippen LogP contribution in [0.2, 0.25) is 0 Å². The Labute approximate surface area is 128 Å². The van der Waals surface area contributed by atoms with Crippen molar-refractivity contribution < 1.29 is 9.15 Å². The first-order valence-corrected chi connectivity index (χ1v) is 7.10. The van der Waals surface area contributed by atoms with Crippen LogP contribution in [0.3, 0.4) is 0 Å². The molecule has 110 valence electrons. The molecule has 0 spiro atoms. The normalized spacial score (nSPS) is 10.5. The molecule has 1 heterocycles. The van der Waals surface area contributed by atoms with Gasteiger partial charge in [-0.05, 0) is 24.1 Å². The van der Waals surface area contributed by atoms with E-state index >= 15 is 0 Å². The average molecular weight is 292 g/mol. The van der Waals surface area contributed by atoms with E-state index in [9.17, 15) is 4.79 Å². The minimum atomic E-state index is -0.0545. The van der Waals surface area contributed by atoms with Crippen LogP contribution in [0.25, 0.3) is 11.0 Å². The molecule has 0 N–H and O–H groups in total. The standard InChI is InChI=1S/C19H16O3/c1-2-6-16-18(22-13-14-7-4-3-5-8-14)10-9-15-17(20)11-12-21-19(15)16/h2-5,7-12H,1,6,13H2. The van der Waals surface area contributed by atoms with Gasteiger partial charge in [0.25, 0.3) is 0 Å². The van der Waals surface area contributed by atoms with Crippen LogP contribution in [0, 0.1) is 0 Å². The smallest absolute Gasteiger partial charge is 0.192 e. The minimum Gasteiger partial charge on any atom is -0.488 e. The van der Waals surface area contributed by atoms with Crippen LogP contribution in [-0.2, 0) is 13.0 Å². The number of allylic oxidation sites excluding steroid dienone is 1. The molecule has 3 nitrogen and oxygen atoms in total. The highest BCUT2D eigenvalue weighted by Crippen LogP contribution is 2.28. The average Bonchev–Trinajstić information content (AvgIpc) is 2.56. The summed E-state index contributed by atoms with van der Waals surface area (Å²) >= 11 is 0. The van der Waals surface area contributed by atoms with Gasteiger partial charge in [0.1, 0.15) is 17.9 Å². The Morgan fingerprint density at radius 3 is 2.68 bits per heavy atom. The molecule has 3 rings (SSSR count). The zero-order valence-corrected chi connectivity index (χ0v) is 12.1. The van der Waals surface area contributed by atoms with Crippen molar-refractivity contribution in [3.63, 3.8) is 0 Å². The third-order valence-corrected chi connectivity index (χ3v) is 3.47.